The van der Waals surface area contributed by atoms with Crippen molar-refractivity contribution in [3.63, 3.8) is 0 Å². The van der Waals surface area contributed by atoms with Crippen LogP contribution in [0.15, 0.2) is 0 Å². The summed E-state index contributed by atoms with van der Waals surface area (Å²) in [6.07, 6.45) is 8.10. The van der Waals surface area contributed by atoms with Gasteiger partial charge in [-0.1, -0.05) is 6.92 Å². The highest BCUT2D eigenvalue weighted by Gasteiger charge is 2.46. The molecule has 0 amide bonds. The largest absolute Gasteiger partial charge is 0.377 e. The summed E-state index contributed by atoms with van der Waals surface area (Å²) in [5.74, 6) is 0. The van der Waals surface area contributed by atoms with E-state index in [4.69, 9.17) is 10.5 Å². The fourth-order valence-electron chi connectivity index (χ4n) is 3.98. The van der Waals surface area contributed by atoms with Gasteiger partial charge in [0.2, 0.25) is 0 Å². The zero-order chi connectivity index (χ0) is 14.0. The lowest BCUT2D eigenvalue weighted by Gasteiger charge is -2.45. The van der Waals surface area contributed by atoms with Gasteiger partial charge in [-0.3, -0.25) is 9.80 Å². The molecule has 0 aromatic heterocycles. The van der Waals surface area contributed by atoms with Gasteiger partial charge in [-0.15, -0.1) is 0 Å². The third kappa shape index (κ3) is 3.03. The molecule has 3 fully saturated rings. The van der Waals surface area contributed by atoms with Crippen molar-refractivity contribution < 1.29 is 4.74 Å². The fourth-order valence-corrected chi connectivity index (χ4v) is 3.98. The normalized spacial score (nSPS) is 36.6. The van der Waals surface area contributed by atoms with Gasteiger partial charge in [0.1, 0.15) is 0 Å². The summed E-state index contributed by atoms with van der Waals surface area (Å²) in [4.78, 5) is 5.35. The van der Waals surface area contributed by atoms with Crippen LogP contribution in [0.3, 0.4) is 0 Å². The minimum Gasteiger partial charge on any atom is -0.377 e. The summed E-state index contributed by atoms with van der Waals surface area (Å²) < 4.78 is 6.00. The first-order valence-electron chi connectivity index (χ1n) is 8.58. The van der Waals surface area contributed by atoms with E-state index in [1.54, 1.807) is 0 Å². The number of hydrogen-bond donors (Lipinski definition) is 1. The van der Waals surface area contributed by atoms with Crippen molar-refractivity contribution in [2.24, 2.45) is 5.73 Å². The molecule has 4 heteroatoms. The monoisotopic (exact) mass is 281 g/mol. The Kier molecular flexibility index (Phi) is 4.65. The molecule has 2 heterocycles. The van der Waals surface area contributed by atoms with Crippen LogP contribution < -0.4 is 5.73 Å². The van der Waals surface area contributed by atoms with Gasteiger partial charge in [-0.25, -0.2) is 0 Å². The van der Waals surface area contributed by atoms with Gasteiger partial charge < -0.3 is 10.5 Å². The van der Waals surface area contributed by atoms with Gasteiger partial charge in [0.15, 0.2) is 0 Å². The van der Waals surface area contributed by atoms with Crippen molar-refractivity contribution >= 4 is 0 Å². The molecule has 1 saturated carbocycles. The second-order valence-electron chi connectivity index (χ2n) is 6.96. The quantitative estimate of drug-likeness (QED) is 0.800. The van der Waals surface area contributed by atoms with E-state index in [2.05, 4.69) is 16.7 Å². The third-order valence-electron chi connectivity index (χ3n) is 5.41. The molecule has 1 aliphatic carbocycles. The van der Waals surface area contributed by atoms with Crippen molar-refractivity contribution in [1.82, 2.24) is 9.80 Å². The van der Waals surface area contributed by atoms with Crippen molar-refractivity contribution in [1.29, 1.82) is 0 Å². The first-order valence-corrected chi connectivity index (χ1v) is 8.58. The smallest absolute Gasteiger partial charge is 0.0702 e. The van der Waals surface area contributed by atoms with Crippen molar-refractivity contribution in [3.8, 4) is 0 Å². The van der Waals surface area contributed by atoms with Gasteiger partial charge in [0.25, 0.3) is 0 Å². The number of nitrogens with zero attached hydrogens (tertiary/aromatic N) is 2. The second-order valence-corrected chi connectivity index (χ2v) is 6.96. The number of ether oxygens (including phenoxy) is 1. The van der Waals surface area contributed by atoms with Gasteiger partial charge >= 0.3 is 0 Å². The summed E-state index contributed by atoms with van der Waals surface area (Å²) in [5.41, 5.74) is 6.45. The van der Waals surface area contributed by atoms with Crippen LogP contribution in [0.5, 0.6) is 0 Å². The van der Waals surface area contributed by atoms with Gasteiger partial charge in [-0.2, -0.15) is 0 Å². The maximum atomic E-state index is 6.22. The second kappa shape index (κ2) is 6.30. The number of piperidine rings is 1. The van der Waals surface area contributed by atoms with Crippen LogP contribution >= 0.6 is 0 Å². The molecule has 0 aromatic carbocycles. The first kappa shape index (κ1) is 14.8. The summed E-state index contributed by atoms with van der Waals surface area (Å²) >= 11 is 0. The van der Waals surface area contributed by atoms with Crippen LogP contribution in [-0.2, 0) is 4.74 Å². The number of nitrogens with two attached hydrogens (primary N) is 1. The average Bonchev–Trinajstić information content (AvgIpc) is 3.25. The lowest BCUT2D eigenvalue weighted by Crippen LogP contribution is -2.59. The van der Waals surface area contributed by atoms with Crippen LogP contribution in [0.1, 0.15) is 45.4 Å². The molecule has 2 atom stereocenters. The van der Waals surface area contributed by atoms with Gasteiger partial charge in [0, 0.05) is 44.4 Å². The molecular weight excluding hydrogens is 250 g/mol. The van der Waals surface area contributed by atoms with E-state index >= 15 is 0 Å². The molecule has 0 bridgehead atoms. The zero-order valence-corrected chi connectivity index (χ0v) is 13.0. The predicted octanol–water partition coefficient (Wildman–Crippen LogP) is 1.44. The highest BCUT2D eigenvalue weighted by Crippen LogP contribution is 2.37. The van der Waals surface area contributed by atoms with Crippen molar-refractivity contribution in [2.45, 2.75) is 63.1 Å². The molecule has 3 aliphatic rings. The number of rotatable bonds is 6. The summed E-state index contributed by atoms with van der Waals surface area (Å²) in [6, 6.07) is 0.875. The molecule has 4 nitrogen and oxygen atoms in total. The Morgan fingerprint density at radius 2 is 2.10 bits per heavy atom. The molecule has 2 unspecified atom stereocenters. The van der Waals surface area contributed by atoms with Gasteiger partial charge in [0.05, 0.1) is 6.10 Å². The Bertz CT molecular complexity index is 321. The van der Waals surface area contributed by atoms with E-state index in [1.165, 1.54) is 51.7 Å². The highest BCUT2D eigenvalue weighted by molar-refractivity contribution is 5.04. The SMILES string of the molecule is CCCOC1CCCN(C2(CN)CCN(C3CC3)C2)C1. The van der Waals surface area contributed by atoms with E-state index in [-0.39, 0.29) is 5.54 Å². The summed E-state index contributed by atoms with van der Waals surface area (Å²) in [5, 5.41) is 0. The standard InChI is InChI=1S/C16H31N3O/c1-2-10-20-15-4-3-8-19(11-15)16(12-17)7-9-18(13-16)14-5-6-14/h14-15H,2-13,17H2,1H3. The average molecular weight is 281 g/mol. The third-order valence-corrected chi connectivity index (χ3v) is 5.41. The van der Waals surface area contributed by atoms with Crippen LogP contribution in [0.25, 0.3) is 0 Å². The van der Waals surface area contributed by atoms with Crippen LogP contribution in [0.4, 0.5) is 0 Å². The molecule has 116 valence electrons. The predicted molar refractivity (Wildman–Crippen MR) is 81.8 cm³/mol. The number of likely N-dealkylation sites (tertiary alicyclic amines) is 2. The lowest BCUT2D eigenvalue weighted by atomic mass is 9.92. The van der Waals surface area contributed by atoms with E-state index in [0.717, 1.165) is 32.2 Å². The Morgan fingerprint density at radius 3 is 2.80 bits per heavy atom. The zero-order valence-electron chi connectivity index (χ0n) is 13.0. The fraction of sp³-hybridized carbons (Fsp3) is 1.00. The molecule has 0 spiro atoms. The minimum absolute atomic E-state index is 0.233. The van der Waals surface area contributed by atoms with Crippen LogP contribution in [0.2, 0.25) is 0 Å². The molecule has 2 aliphatic heterocycles. The maximum Gasteiger partial charge on any atom is 0.0702 e. The molecule has 3 rings (SSSR count). The molecule has 2 N–H and O–H groups in total. The van der Waals surface area contributed by atoms with E-state index in [9.17, 15) is 0 Å². The molecule has 20 heavy (non-hydrogen) atoms. The Labute approximate surface area is 123 Å². The van der Waals surface area contributed by atoms with Crippen molar-refractivity contribution in [3.05, 3.63) is 0 Å². The minimum atomic E-state index is 0.233. The number of hydrogen-bond acceptors (Lipinski definition) is 4. The van der Waals surface area contributed by atoms with E-state index in [1.807, 2.05) is 0 Å². The molecule has 0 aromatic rings. The molecule has 2 saturated heterocycles. The highest BCUT2D eigenvalue weighted by atomic mass is 16.5. The first-order chi connectivity index (χ1) is 9.77. The molecular formula is C16H31N3O. The van der Waals surface area contributed by atoms with Crippen LogP contribution in [-0.4, -0.2) is 66.8 Å². The summed E-state index contributed by atoms with van der Waals surface area (Å²) in [6.45, 7) is 8.64. The van der Waals surface area contributed by atoms with E-state index in [0.29, 0.717) is 6.10 Å². The summed E-state index contributed by atoms with van der Waals surface area (Å²) in [7, 11) is 0. The Morgan fingerprint density at radius 1 is 1.25 bits per heavy atom. The Balaban J connectivity index is 1.60. The topological polar surface area (TPSA) is 41.7 Å². The lowest BCUT2D eigenvalue weighted by molar-refractivity contribution is -0.0341. The van der Waals surface area contributed by atoms with E-state index < -0.39 is 0 Å². The molecule has 0 radical (unpaired) electrons. The maximum absolute atomic E-state index is 6.22. The van der Waals surface area contributed by atoms with Crippen LogP contribution in [0, 0.1) is 0 Å². The van der Waals surface area contributed by atoms with Crippen molar-refractivity contribution in [2.75, 3.05) is 39.3 Å². The Hall–Kier alpha value is -0.160. The van der Waals surface area contributed by atoms with Gasteiger partial charge in [-0.05, 0) is 45.1 Å².